The van der Waals surface area contributed by atoms with Crippen molar-refractivity contribution in [1.29, 1.82) is 0 Å². The molecular weight excluding hydrogens is 256 g/mol. The zero-order chi connectivity index (χ0) is 14.0. The van der Waals surface area contributed by atoms with Crippen LogP contribution in [0.5, 0.6) is 0 Å². The molecular formula is C16H18O2S. The van der Waals surface area contributed by atoms with E-state index in [1.807, 2.05) is 52.0 Å². The predicted molar refractivity (Wildman–Crippen MR) is 79.0 cm³/mol. The second-order valence-electron chi connectivity index (χ2n) is 4.78. The summed E-state index contributed by atoms with van der Waals surface area (Å²) in [5, 5.41) is -0.114. The summed E-state index contributed by atoms with van der Waals surface area (Å²) in [6, 6.07) is 7.91. The first-order chi connectivity index (χ1) is 8.99. The Morgan fingerprint density at radius 2 is 1.95 bits per heavy atom. The van der Waals surface area contributed by atoms with E-state index < -0.39 is 0 Å². The van der Waals surface area contributed by atoms with Crippen LogP contribution < -0.4 is 0 Å². The molecule has 0 N–H and O–H groups in total. The molecule has 0 amide bonds. The third-order valence-electron chi connectivity index (χ3n) is 3.14. The van der Waals surface area contributed by atoms with Gasteiger partial charge in [-0.3, -0.25) is 4.79 Å². The Hall–Kier alpha value is -1.48. The van der Waals surface area contributed by atoms with Crippen LogP contribution in [0.1, 0.15) is 34.2 Å². The van der Waals surface area contributed by atoms with E-state index in [9.17, 15) is 4.79 Å². The maximum Gasteiger partial charge on any atom is 0.176 e. The minimum Gasteiger partial charge on any atom is -0.468 e. The molecule has 1 heterocycles. The van der Waals surface area contributed by atoms with Crippen LogP contribution in [-0.4, -0.2) is 11.0 Å². The second-order valence-corrected chi connectivity index (χ2v) is 6.17. The molecule has 0 aliphatic heterocycles. The summed E-state index contributed by atoms with van der Waals surface area (Å²) in [6.45, 7) is 7.85. The molecule has 19 heavy (non-hydrogen) atoms. The summed E-state index contributed by atoms with van der Waals surface area (Å²) in [6.07, 6.45) is 1.66. The van der Waals surface area contributed by atoms with Crippen LogP contribution in [0.15, 0.2) is 39.8 Å². The number of ketones is 1. The number of Topliss-reactive ketones (excluding diaryl/α,β-unsaturated/α-hetero) is 1. The number of hydrogen-bond acceptors (Lipinski definition) is 3. The normalized spacial score (nSPS) is 12.4. The highest BCUT2D eigenvalue weighted by Crippen LogP contribution is 2.29. The Balaban J connectivity index is 2.19. The molecule has 2 nitrogen and oxygen atoms in total. The number of carbonyl (C=O) groups is 1. The lowest BCUT2D eigenvalue weighted by Gasteiger charge is -2.12. The van der Waals surface area contributed by atoms with Gasteiger partial charge in [-0.05, 0) is 45.4 Å². The summed E-state index contributed by atoms with van der Waals surface area (Å²) >= 11 is 1.55. The standard InChI is InChI=1S/C16H18O2S/c1-10-5-6-11(2)14(9-10)16(17)13(4)19-15-7-8-18-12(15)3/h5-9,13H,1-4H3. The smallest absolute Gasteiger partial charge is 0.176 e. The summed E-state index contributed by atoms with van der Waals surface area (Å²) in [4.78, 5) is 13.5. The van der Waals surface area contributed by atoms with Gasteiger partial charge in [0.25, 0.3) is 0 Å². The van der Waals surface area contributed by atoms with Gasteiger partial charge in [-0.2, -0.15) is 0 Å². The third-order valence-corrected chi connectivity index (χ3v) is 4.39. The van der Waals surface area contributed by atoms with Crippen molar-refractivity contribution >= 4 is 17.5 Å². The summed E-state index contributed by atoms with van der Waals surface area (Å²) in [7, 11) is 0. The largest absolute Gasteiger partial charge is 0.468 e. The Morgan fingerprint density at radius 3 is 2.58 bits per heavy atom. The van der Waals surface area contributed by atoms with Crippen LogP contribution in [0.25, 0.3) is 0 Å². The third kappa shape index (κ3) is 3.10. The molecule has 0 spiro atoms. The Bertz CT molecular complexity index is 599. The van der Waals surface area contributed by atoms with Gasteiger partial charge >= 0.3 is 0 Å². The fourth-order valence-corrected chi connectivity index (χ4v) is 2.92. The van der Waals surface area contributed by atoms with E-state index in [0.29, 0.717) is 0 Å². The van der Waals surface area contributed by atoms with Crippen molar-refractivity contribution in [3.63, 3.8) is 0 Å². The highest BCUT2D eigenvalue weighted by Gasteiger charge is 2.19. The number of benzene rings is 1. The van der Waals surface area contributed by atoms with Crippen molar-refractivity contribution in [2.24, 2.45) is 0 Å². The summed E-state index contributed by atoms with van der Waals surface area (Å²) in [5.41, 5.74) is 2.97. The number of aryl methyl sites for hydroxylation is 3. The van der Waals surface area contributed by atoms with Gasteiger partial charge in [0.15, 0.2) is 5.78 Å². The van der Waals surface area contributed by atoms with Gasteiger partial charge in [0.05, 0.1) is 11.5 Å². The summed E-state index contributed by atoms with van der Waals surface area (Å²) in [5.74, 6) is 1.04. The molecule has 0 radical (unpaired) electrons. The van der Waals surface area contributed by atoms with E-state index in [4.69, 9.17) is 4.42 Å². The van der Waals surface area contributed by atoms with E-state index in [1.165, 1.54) is 0 Å². The van der Waals surface area contributed by atoms with Crippen molar-refractivity contribution in [3.8, 4) is 0 Å². The molecule has 0 bridgehead atoms. The first kappa shape index (κ1) is 13.9. The summed E-state index contributed by atoms with van der Waals surface area (Å²) < 4.78 is 5.26. The van der Waals surface area contributed by atoms with Crippen LogP contribution in [0.4, 0.5) is 0 Å². The van der Waals surface area contributed by atoms with Gasteiger partial charge in [-0.15, -0.1) is 11.8 Å². The maximum absolute atomic E-state index is 12.5. The molecule has 0 aliphatic rings. The molecule has 0 saturated carbocycles. The van der Waals surface area contributed by atoms with E-state index in [0.717, 1.165) is 27.3 Å². The van der Waals surface area contributed by atoms with E-state index in [2.05, 4.69) is 0 Å². The molecule has 0 aliphatic carbocycles. The van der Waals surface area contributed by atoms with Crippen molar-refractivity contribution in [2.75, 3.05) is 0 Å². The van der Waals surface area contributed by atoms with Gasteiger partial charge < -0.3 is 4.42 Å². The van der Waals surface area contributed by atoms with Crippen LogP contribution in [0.3, 0.4) is 0 Å². The van der Waals surface area contributed by atoms with E-state index in [1.54, 1.807) is 18.0 Å². The SMILES string of the molecule is Cc1ccc(C)c(C(=O)C(C)Sc2ccoc2C)c1. The second kappa shape index (κ2) is 5.66. The van der Waals surface area contributed by atoms with E-state index in [-0.39, 0.29) is 11.0 Å². The first-order valence-electron chi connectivity index (χ1n) is 6.31. The van der Waals surface area contributed by atoms with Crippen LogP contribution in [-0.2, 0) is 0 Å². The molecule has 1 aromatic heterocycles. The van der Waals surface area contributed by atoms with Gasteiger partial charge in [0, 0.05) is 10.5 Å². The fourth-order valence-electron chi connectivity index (χ4n) is 1.96. The predicted octanol–water partition coefficient (Wildman–Crippen LogP) is 4.57. The highest BCUT2D eigenvalue weighted by molar-refractivity contribution is 8.00. The molecule has 100 valence electrons. The Labute approximate surface area is 118 Å². The number of furan rings is 1. The average Bonchev–Trinajstić information content (AvgIpc) is 2.77. The Kier molecular flexibility index (Phi) is 4.15. The Morgan fingerprint density at radius 1 is 1.21 bits per heavy atom. The van der Waals surface area contributed by atoms with Crippen molar-refractivity contribution in [3.05, 3.63) is 53.0 Å². The molecule has 1 atom stereocenters. The van der Waals surface area contributed by atoms with Crippen molar-refractivity contribution < 1.29 is 9.21 Å². The lowest BCUT2D eigenvalue weighted by Crippen LogP contribution is -2.15. The molecule has 3 heteroatoms. The minimum absolute atomic E-state index is 0.114. The lowest BCUT2D eigenvalue weighted by molar-refractivity contribution is 0.0993. The van der Waals surface area contributed by atoms with Crippen LogP contribution in [0.2, 0.25) is 0 Å². The number of hydrogen-bond donors (Lipinski definition) is 0. The molecule has 0 fully saturated rings. The molecule has 2 aromatic rings. The van der Waals surface area contributed by atoms with Gasteiger partial charge in [0.1, 0.15) is 5.76 Å². The van der Waals surface area contributed by atoms with Gasteiger partial charge in [0.2, 0.25) is 0 Å². The number of carbonyl (C=O) groups excluding carboxylic acids is 1. The maximum atomic E-state index is 12.5. The zero-order valence-corrected chi connectivity index (χ0v) is 12.5. The topological polar surface area (TPSA) is 30.2 Å². The lowest BCUT2D eigenvalue weighted by atomic mass is 10.0. The first-order valence-corrected chi connectivity index (χ1v) is 7.19. The van der Waals surface area contributed by atoms with Crippen LogP contribution in [0, 0.1) is 20.8 Å². The quantitative estimate of drug-likeness (QED) is 0.604. The van der Waals surface area contributed by atoms with Crippen molar-refractivity contribution in [2.45, 2.75) is 37.8 Å². The minimum atomic E-state index is -0.114. The molecule has 0 saturated heterocycles. The average molecular weight is 274 g/mol. The monoisotopic (exact) mass is 274 g/mol. The molecule has 1 aromatic carbocycles. The number of thioether (sulfide) groups is 1. The zero-order valence-electron chi connectivity index (χ0n) is 11.7. The number of rotatable bonds is 4. The van der Waals surface area contributed by atoms with Crippen molar-refractivity contribution in [1.82, 2.24) is 0 Å². The van der Waals surface area contributed by atoms with Gasteiger partial charge in [-0.25, -0.2) is 0 Å². The molecule has 2 rings (SSSR count). The highest BCUT2D eigenvalue weighted by atomic mass is 32.2. The van der Waals surface area contributed by atoms with Crippen LogP contribution >= 0.6 is 11.8 Å². The molecule has 1 unspecified atom stereocenters. The fraction of sp³-hybridized carbons (Fsp3) is 0.312. The van der Waals surface area contributed by atoms with Gasteiger partial charge in [-0.1, -0.05) is 17.7 Å². The van der Waals surface area contributed by atoms with E-state index >= 15 is 0 Å².